The number of aryl methyl sites for hydroxylation is 1. The van der Waals surface area contributed by atoms with Crippen LogP contribution in [0, 0.1) is 0 Å². The Balaban J connectivity index is 2.00. The number of hydrogen-bond donors (Lipinski definition) is 1. The Labute approximate surface area is 164 Å². The normalized spacial score (nSPS) is 11.7. The number of amides is 1. The van der Waals surface area contributed by atoms with Gasteiger partial charge in [0, 0.05) is 6.42 Å². The molecule has 0 aromatic heterocycles. The Morgan fingerprint density at radius 1 is 1.04 bits per heavy atom. The molecule has 0 radical (unpaired) electrons. The average Bonchev–Trinajstić information content (AvgIpc) is 2.66. The van der Waals surface area contributed by atoms with E-state index in [1.165, 1.54) is 0 Å². The van der Waals surface area contributed by atoms with E-state index in [9.17, 15) is 4.79 Å². The van der Waals surface area contributed by atoms with Gasteiger partial charge in [-0.3, -0.25) is 4.79 Å². The Morgan fingerprint density at radius 3 is 2.38 bits per heavy atom. The number of carbonyl (C=O) groups excluding carboxylic acids is 1. The molecule has 0 aliphatic carbocycles. The minimum atomic E-state index is -0.0869. The third kappa shape index (κ3) is 5.29. The number of ether oxygens (including phenoxy) is 2. The first kappa shape index (κ1) is 20.4. The summed E-state index contributed by atoms with van der Waals surface area (Å²) in [5.41, 5.74) is 1.96. The van der Waals surface area contributed by atoms with Crippen LogP contribution in [-0.2, 0) is 11.2 Å². The summed E-state index contributed by atoms with van der Waals surface area (Å²) in [6.07, 6.45) is 1.75. The molecule has 26 heavy (non-hydrogen) atoms. The zero-order chi connectivity index (χ0) is 19.1. The van der Waals surface area contributed by atoms with Gasteiger partial charge in [-0.1, -0.05) is 42.3 Å². The fraction of sp³-hybridized carbons (Fsp3) is 0.350. The van der Waals surface area contributed by atoms with Gasteiger partial charge in [0.05, 0.1) is 30.3 Å². The molecule has 0 aliphatic heterocycles. The lowest BCUT2D eigenvalue weighted by Crippen LogP contribution is -2.28. The molecule has 1 N–H and O–H groups in total. The van der Waals surface area contributed by atoms with Gasteiger partial charge < -0.3 is 14.8 Å². The van der Waals surface area contributed by atoms with Crippen LogP contribution in [0.5, 0.6) is 11.5 Å². The van der Waals surface area contributed by atoms with Crippen molar-refractivity contribution in [2.75, 3.05) is 14.2 Å². The first-order valence-electron chi connectivity index (χ1n) is 8.43. The van der Waals surface area contributed by atoms with Crippen molar-refractivity contribution < 1.29 is 14.3 Å². The molecule has 0 saturated heterocycles. The smallest absolute Gasteiger partial charge is 0.220 e. The molecule has 2 aromatic carbocycles. The topological polar surface area (TPSA) is 47.6 Å². The second kappa shape index (κ2) is 9.70. The largest absolute Gasteiger partial charge is 0.493 e. The Morgan fingerprint density at radius 2 is 1.77 bits per heavy atom. The molecular formula is C20H23Cl2NO3. The summed E-state index contributed by atoms with van der Waals surface area (Å²) >= 11 is 11.9. The van der Waals surface area contributed by atoms with E-state index in [0.717, 1.165) is 17.5 Å². The summed E-state index contributed by atoms with van der Waals surface area (Å²) in [6, 6.07) is 11.0. The minimum Gasteiger partial charge on any atom is -0.493 e. The number of nitrogens with one attached hydrogen (secondary N) is 1. The van der Waals surface area contributed by atoms with Crippen LogP contribution < -0.4 is 14.8 Å². The molecule has 6 heteroatoms. The van der Waals surface area contributed by atoms with Crippen molar-refractivity contribution in [2.24, 2.45) is 0 Å². The van der Waals surface area contributed by atoms with E-state index >= 15 is 0 Å². The molecule has 0 saturated carbocycles. The Hall–Kier alpha value is -1.91. The van der Waals surface area contributed by atoms with E-state index < -0.39 is 0 Å². The number of benzene rings is 2. The summed E-state index contributed by atoms with van der Waals surface area (Å²) in [5, 5.41) is 4.09. The summed E-state index contributed by atoms with van der Waals surface area (Å²) in [4.78, 5) is 12.4. The van der Waals surface area contributed by atoms with Crippen molar-refractivity contribution in [3.63, 3.8) is 0 Å². The Kier molecular flexibility index (Phi) is 7.61. The molecule has 0 spiro atoms. The SMILES string of the molecule is CC[C@H](NC(=O)CCc1ccc(Cl)c(Cl)c1)c1ccc(OC)c(OC)c1. The third-order valence-electron chi connectivity index (χ3n) is 4.18. The lowest BCUT2D eigenvalue weighted by atomic mass is 10.0. The first-order valence-corrected chi connectivity index (χ1v) is 9.19. The van der Waals surface area contributed by atoms with E-state index in [2.05, 4.69) is 5.32 Å². The highest BCUT2D eigenvalue weighted by molar-refractivity contribution is 6.42. The van der Waals surface area contributed by atoms with Gasteiger partial charge in [-0.25, -0.2) is 0 Å². The fourth-order valence-electron chi connectivity index (χ4n) is 2.71. The number of methoxy groups -OCH3 is 2. The van der Waals surface area contributed by atoms with Crippen LogP contribution in [0.3, 0.4) is 0 Å². The van der Waals surface area contributed by atoms with Gasteiger partial charge in [-0.15, -0.1) is 0 Å². The highest BCUT2D eigenvalue weighted by atomic mass is 35.5. The molecule has 0 bridgehead atoms. The molecule has 0 heterocycles. The molecule has 1 amide bonds. The molecule has 0 aliphatic rings. The van der Waals surface area contributed by atoms with Gasteiger partial charge in [-0.2, -0.15) is 0 Å². The van der Waals surface area contributed by atoms with Gasteiger partial charge in [0.2, 0.25) is 5.91 Å². The lowest BCUT2D eigenvalue weighted by molar-refractivity contribution is -0.121. The number of halogens is 2. The molecular weight excluding hydrogens is 373 g/mol. The maximum atomic E-state index is 12.4. The number of rotatable bonds is 8. The van der Waals surface area contributed by atoms with Crippen LogP contribution in [0.1, 0.15) is 36.9 Å². The van der Waals surface area contributed by atoms with Gasteiger partial charge in [0.25, 0.3) is 0 Å². The van der Waals surface area contributed by atoms with Crippen molar-refractivity contribution in [2.45, 2.75) is 32.2 Å². The molecule has 1 atom stereocenters. The average molecular weight is 396 g/mol. The van der Waals surface area contributed by atoms with E-state index in [-0.39, 0.29) is 11.9 Å². The molecule has 0 unspecified atom stereocenters. The van der Waals surface area contributed by atoms with Crippen LogP contribution in [0.15, 0.2) is 36.4 Å². The first-order chi connectivity index (χ1) is 12.5. The van der Waals surface area contributed by atoms with Crippen molar-refractivity contribution >= 4 is 29.1 Å². The summed E-state index contributed by atoms with van der Waals surface area (Å²) < 4.78 is 10.6. The van der Waals surface area contributed by atoms with Gasteiger partial charge in [0.15, 0.2) is 11.5 Å². The van der Waals surface area contributed by atoms with Crippen LogP contribution >= 0.6 is 23.2 Å². The van der Waals surface area contributed by atoms with E-state index in [4.69, 9.17) is 32.7 Å². The van der Waals surface area contributed by atoms with Crippen LogP contribution in [0.25, 0.3) is 0 Å². The monoisotopic (exact) mass is 395 g/mol. The van der Waals surface area contributed by atoms with Crippen molar-refractivity contribution in [3.05, 3.63) is 57.6 Å². The predicted octanol–water partition coefficient (Wildman–Crippen LogP) is 5.21. The zero-order valence-corrected chi connectivity index (χ0v) is 16.7. The van der Waals surface area contributed by atoms with E-state index in [0.29, 0.717) is 34.4 Å². The zero-order valence-electron chi connectivity index (χ0n) is 15.1. The van der Waals surface area contributed by atoms with Crippen molar-refractivity contribution in [3.8, 4) is 11.5 Å². The van der Waals surface area contributed by atoms with Gasteiger partial charge in [0.1, 0.15) is 0 Å². The standard InChI is InChI=1S/C20H23Cl2NO3/c1-4-17(14-7-9-18(25-2)19(12-14)26-3)23-20(24)10-6-13-5-8-15(21)16(22)11-13/h5,7-9,11-12,17H,4,6,10H2,1-3H3,(H,23,24)/t17-/m0/s1. The third-order valence-corrected chi connectivity index (χ3v) is 4.92. The summed E-state index contributed by atoms with van der Waals surface area (Å²) in [6.45, 7) is 2.03. The summed E-state index contributed by atoms with van der Waals surface area (Å²) in [5.74, 6) is 1.29. The second-order valence-corrected chi connectivity index (χ2v) is 6.71. The highest BCUT2D eigenvalue weighted by Gasteiger charge is 2.15. The molecule has 140 valence electrons. The van der Waals surface area contributed by atoms with Crippen LogP contribution in [0.4, 0.5) is 0 Å². The van der Waals surface area contributed by atoms with Crippen LogP contribution in [-0.4, -0.2) is 20.1 Å². The lowest BCUT2D eigenvalue weighted by Gasteiger charge is -2.19. The van der Waals surface area contributed by atoms with E-state index in [1.807, 2.05) is 31.2 Å². The van der Waals surface area contributed by atoms with Gasteiger partial charge in [-0.05, 0) is 48.2 Å². The molecule has 2 rings (SSSR count). The highest BCUT2D eigenvalue weighted by Crippen LogP contribution is 2.31. The fourth-order valence-corrected chi connectivity index (χ4v) is 3.03. The van der Waals surface area contributed by atoms with Crippen molar-refractivity contribution in [1.29, 1.82) is 0 Å². The molecule has 2 aromatic rings. The number of carbonyl (C=O) groups is 1. The second-order valence-electron chi connectivity index (χ2n) is 5.89. The minimum absolute atomic E-state index is 0.0160. The molecule has 4 nitrogen and oxygen atoms in total. The van der Waals surface area contributed by atoms with Crippen LogP contribution in [0.2, 0.25) is 10.0 Å². The summed E-state index contributed by atoms with van der Waals surface area (Å²) in [7, 11) is 3.19. The maximum Gasteiger partial charge on any atom is 0.220 e. The maximum absolute atomic E-state index is 12.4. The predicted molar refractivity (Wildman–Crippen MR) is 106 cm³/mol. The Bertz CT molecular complexity index is 765. The number of hydrogen-bond acceptors (Lipinski definition) is 3. The molecule has 0 fully saturated rings. The quantitative estimate of drug-likeness (QED) is 0.666. The van der Waals surface area contributed by atoms with E-state index in [1.54, 1.807) is 26.4 Å². The van der Waals surface area contributed by atoms with Crippen molar-refractivity contribution in [1.82, 2.24) is 5.32 Å². The van der Waals surface area contributed by atoms with Gasteiger partial charge >= 0.3 is 0 Å².